The van der Waals surface area contributed by atoms with Gasteiger partial charge in [-0.25, -0.2) is 0 Å². The number of hydrogen-bond donors (Lipinski definition) is 7. The van der Waals surface area contributed by atoms with Gasteiger partial charge in [0, 0.05) is 13.2 Å². The van der Waals surface area contributed by atoms with Crippen LogP contribution in [0.2, 0.25) is 0 Å². The summed E-state index contributed by atoms with van der Waals surface area (Å²) in [6.45, 7) is 2.39. The molecule has 0 saturated carbocycles. The number of aliphatic hydroxyl groups excluding tert-OH is 7. The molecular formula is C37H72O12. The van der Waals surface area contributed by atoms with Gasteiger partial charge in [-0.1, -0.05) is 129 Å². The van der Waals surface area contributed by atoms with Gasteiger partial charge >= 0.3 is 0 Å². The van der Waals surface area contributed by atoms with E-state index in [4.69, 9.17) is 23.7 Å². The molecule has 7 N–H and O–H groups in total. The van der Waals surface area contributed by atoms with E-state index in [0.717, 1.165) is 12.8 Å². The molecule has 0 spiro atoms. The predicted molar refractivity (Wildman–Crippen MR) is 186 cm³/mol. The summed E-state index contributed by atoms with van der Waals surface area (Å²) < 4.78 is 27.8. The van der Waals surface area contributed by atoms with Crippen molar-refractivity contribution < 1.29 is 59.4 Å². The minimum absolute atomic E-state index is 0.198. The third-order valence-corrected chi connectivity index (χ3v) is 9.82. The Morgan fingerprint density at radius 3 is 1.35 bits per heavy atom. The zero-order valence-corrected chi connectivity index (χ0v) is 30.3. The number of unbranched alkanes of at least 4 members (excludes halogenated alkanes) is 19. The lowest BCUT2D eigenvalue weighted by Gasteiger charge is -2.45. The van der Waals surface area contributed by atoms with Crippen LogP contribution in [0.5, 0.6) is 0 Å². The normalized spacial score (nSPS) is 30.6. The summed E-state index contributed by atoms with van der Waals surface area (Å²) in [5, 5.41) is 70.7. The fourth-order valence-electron chi connectivity index (χ4n) is 6.61. The molecule has 2 aliphatic rings. The Bertz CT molecular complexity index is 759. The van der Waals surface area contributed by atoms with Crippen LogP contribution in [0, 0.1) is 0 Å². The van der Waals surface area contributed by atoms with Crippen molar-refractivity contribution >= 4 is 0 Å². The van der Waals surface area contributed by atoms with Crippen LogP contribution in [0.4, 0.5) is 0 Å². The van der Waals surface area contributed by atoms with Gasteiger partial charge < -0.3 is 59.4 Å². The summed E-state index contributed by atoms with van der Waals surface area (Å²) in [5.41, 5.74) is 0. The van der Waals surface area contributed by atoms with Crippen LogP contribution in [-0.4, -0.2) is 130 Å². The zero-order chi connectivity index (χ0) is 35.7. The standard InChI is InChI=1S/C37H72O12/c1-2-3-4-5-6-7-8-9-10-11-12-13-14-15-16-17-18-19-20-21-23-45-24-22-25-46-36-34(44)32(42)35(29(27-39)48-36)49-37-33(43)31(41)30(40)28(26-38)47-37/h28-44H,2-27H2,1H3/t28-,29-,30+,31+,32-,33-,34-,35-,36-,37+/m1/s1. The van der Waals surface area contributed by atoms with Gasteiger partial charge in [-0.15, -0.1) is 0 Å². The molecule has 0 aliphatic carbocycles. The van der Waals surface area contributed by atoms with Gasteiger partial charge in [-0.2, -0.15) is 0 Å². The summed E-state index contributed by atoms with van der Waals surface area (Å²) in [6.07, 6.45) is 13.0. The molecule has 0 unspecified atom stereocenters. The lowest BCUT2D eigenvalue weighted by Crippen LogP contribution is -2.64. The third kappa shape index (κ3) is 17.7. The minimum atomic E-state index is -1.71. The van der Waals surface area contributed by atoms with Gasteiger partial charge in [0.2, 0.25) is 0 Å². The number of rotatable bonds is 30. The quantitative estimate of drug-likeness (QED) is 0.0535. The Labute approximate surface area is 295 Å². The van der Waals surface area contributed by atoms with E-state index in [0.29, 0.717) is 19.6 Å². The maximum atomic E-state index is 10.7. The van der Waals surface area contributed by atoms with Gasteiger partial charge in [-0.05, 0) is 12.8 Å². The van der Waals surface area contributed by atoms with Crippen LogP contribution >= 0.6 is 0 Å². The first-order valence-electron chi connectivity index (χ1n) is 19.6. The van der Waals surface area contributed by atoms with E-state index in [-0.39, 0.29) is 6.61 Å². The second-order valence-corrected chi connectivity index (χ2v) is 14.1. The van der Waals surface area contributed by atoms with Crippen molar-refractivity contribution in [3.63, 3.8) is 0 Å². The minimum Gasteiger partial charge on any atom is -0.394 e. The van der Waals surface area contributed by atoms with Gasteiger partial charge in [0.1, 0.15) is 48.8 Å². The highest BCUT2D eigenvalue weighted by Crippen LogP contribution is 2.29. The van der Waals surface area contributed by atoms with Crippen LogP contribution < -0.4 is 0 Å². The molecule has 2 fully saturated rings. The van der Waals surface area contributed by atoms with E-state index in [1.54, 1.807) is 0 Å². The van der Waals surface area contributed by atoms with Crippen molar-refractivity contribution in [3.8, 4) is 0 Å². The first-order valence-corrected chi connectivity index (χ1v) is 19.6. The van der Waals surface area contributed by atoms with Gasteiger partial charge in [-0.3, -0.25) is 0 Å². The molecule has 0 aromatic heterocycles. The fraction of sp³-hybridized carbons (Fsp3) is 1.00. The van der Waals surface area contributed by atoms with Crippen LogP contribution in [0.3, 0.4) is 0 Å². The molecule has 0 aromatic carbocycles. The smallest absolute Gasteiger partial charge is 0.187 e. The summed E-state index contributed by atoms with van der Waals surface area (Å²) in [6, 6.07) is 0. The monoisotopic (exact) mass is 709 g/mol. The van der Waals surface area contributed by atoms with Gasteiger partial charge in [0.15, 0.2) is 12.6 Å². The first kappa shape index (κ1) is 44.7. The van der Waals surface area contributed by atoms with E-state index in [1.165, 1.54) is 116 Å². The molecule has 292 valence electrons. The van der Waals surface area contributed by atoms with E-state index >= 15 is 0 Å². The van der Waals surface area contributed by atoms with Crippen molar-refractivity contribution in [1.82, 2.24) is 0 Å². The molecule has 2 heterocycles. The summed E-state index contributed by atoms with van der Waals surface area (Å²) >= 11 is 0. The Morgan fingerprint density at radius 1 is 0.429 bits per heavy atom. The molecule has 0 bridgehead atoms. The average Bonchev–Trinajstić information content (AvgIpc) is 3.11. The lowest BCUT2D eigenvalue weighted by atomic mass is 9.97. The molecule has 10 atom stereocenters. The van der Waals surface area contributed by atoms with E-state index in [2.05, 4.69) is 6.92 Å². The average molecular weight is 709 g/mol. The number of hydrogen-bond acceptors (Lipinski definition) is 12. The summed E-state index contributed by atoms with van der Waals surface area (Å²) in [4.78, 5) is 0. The topological polar surface area (TPSA) is 188 Å². The zero-order valence-electron chi connectivity index (χ0n) is 30.3. The first-order chi connectivity index (χ1) is 23.8. The van der Waals surface area contributed by atoms with Crippen molar-refractivity contribution in [2.75, 3.05) is 33.0 Å². The van der Waals surface area contributed by atoms with Crippen molar-refractivity contribution in [2.24, 2.45) is 0 Å². The Kier molecular flexibility index (Phi) is 25.6. The Morgan fingerprint density at radius 2 is 0.857 bits per heavy atom. The fourth-order valence-corrected chi connectivity index (χ4v) is 6.61. The van der Waals surface area contributed by atoms with E-state index in [1.807, 2.05) is 0 Å². The highest BCUT2D eigenvalue weighted by Gasteiger charge is 2.50. The van der Waals surface area contributed by atoms with E-state index < -0.39 is 74.6 Å². The highest BCUT2D eigenvalue weighted by atomic mass is 16.7. The number of aliphatic hydroxyl groups is 7. The third-order valence-electron chi connectivity index (χ3n) is 9.82. The van der Waals surface area contributed by atoms with Crippen LogP contribution in [0.25, 0.3) is 0 Å². The van der Waals surface area contributed by atoms with E-state index in [9.17, 15) is 35.7 Å². The predicted octanol–water partition coefficient (Wildman–Crippen LogP) is 3.86. The van der Waals surface area contributed by atoms with Crippen molar-refractivity contribution in [1.29, 1.82) is 0 Å². The van der Waals surface area contributed by atoms with Crippen molar-refractivity contribution in [2.45, 2.75) is 203 Å². The number of ether oxygens (including phenoxy) is 5. The summed E-state index contributed by atoms with van der Waals surface area (Å²) in [7, 11) is 0. The van der Waals surface area contributed by atoms with Crippen LogP contribution in [0.1, 0.15) is 142 Å². The molecular weight excluding hydrogens is 636 g/mol. The maximum Gasteiger partial charge on any atom is 0.187 e. The molecule has 0 radical (unpaired) electrons. The molecule has 2 aliphatic heterocycles. The van der Waals surface area contributed by atoms with Gasteiger partial charge in [0.25, 0.3) is 0 Å². The lowest BCUT2D eigenvalue weighted by molar-refractivity contribution is -0.359. The second-order valence-electron chi connectivity index (χ2n) is 14.1. The molecule has 2 saturated heterocycles. The van der Waals surface area contributed by atoms with Crippen LogP contribution in [0.15, 0.2) is 0 Å². The highest BCUT2D eigenvalue weighted by molar-refractivity contribution is 4.94. The summed E-state index contributed by atoms with van der Waals surface area (Å²) in [5.74, 6) is 0. The van der Waals surface area contributed by atoms with Crippen LogP contribution in [-0.2, 0) is 23.7 Å². The molecule has 12 nitrogen and oxygen atoms in total. The Hall–Kier alpha value is -0.480. The largest absolute Gasteiger partial charge is 0.394 e. The SMILES string of the molecule is CCCCCCCCCCCCCCCCCCCCCCOCCCO[C@@H]1O[C@H](CO)[C@@H](O[C@@H]2O[C@H](CO)[C@H](O)[C@H](O)[C@H]2O)[C@H](O)[C@H]1O. The molecule has 49 heavy (non-hydrogen) atoms. The van der Waals surface area contributed by atoms with Crippen molar-refractivity contribution in [3.05, 3.63) is 0 Å². The maximum absolute atomic E-state index is 10.7. The molecule has 2 rings (SSSR count). The van der Waals surface area contributed by atoms with Gasteiger partial charge in [0.05, 0.1) is 19.8 Å². The Balaban J connectivity index is 1.41. The molecule has 12 heteroatoms. The second kappa shape index (κ2) is 28.1. The molecule has 0 aromatic rings. The molecule has 0 amide bonds.